The fourth-order valence-corrected chi connectivity index (χ4v) is 1.41. The highest BCUT2D eigenvalue weighted by Gasteiger charge is 2.03. The van der Waals surface area contributed by atoms with Crippen LogP contribution >= 0.6 is 0 Å². The third-order valence-electron chi connectivity index (χ3n) is 2.05. The van der Waals surface area contributed by atoms with E-state index < -0.39 is 0 Å². The Bertz CT molecular complexity index is 198. The molecule has 0 bridgehead atoms. The second-order valence-corrected chi connectivity index (χ2v) is 3.21. The van der Waals surface area contributed by atoms with Crippen molar-refractivity contribution in [2.45, 2.75) is 45.4 Å². The Balaban J connectivity index is 2.47. The van der Waals surface area contributed by atoms with Gasteiger partial charge in [-0.3, -0.25) is 0 Å². The Hall–Kier alpha value is -0.520. The maximum Gasteiger partial charge on any atom is 0.0356 e. The molecule has 0 nitrogen and oxygen atoms in total. The minimum absolute atomic E-state index is 0.179. The van der Waals surface area contributed by atoms with Gasteiger partial charge in [-0.2, -0.15) is 0 Å². The number of hydrogen-bond acceptors (Lipinski definition) is 0. The summed E-state index contributed by atoms with van der Waals surface area (Å²) in [5.74, 6) is 0. The van der Waals surface area contributed by atoms with Crippen molar-refractivity contribution in [2.24, 2.45) is 0 Å². The third kappa shape index (κ3) is 3.41. The van der Waals surface area contributed by atoms with Crippen LogP contribution in [0.5, 0.6) is 0 Å². The number of allylic oxidation sites excluding steroid dienone is 3. The number of rotatable bonds is 2. The van der Waals surface area contributed by atoms with Crippen LogP contribution in [0.4, 0.5) is 0 Å². The second kappa shape index (κ2) is 4.38. The van der Waals surface area contributed by atoms with Crippen molar-refractivity contribution in [3.8, 4) is 0 Å². The minimum Gasteiger partial charge on any atom is -0.0998 e. The molecule has 0 aromatic carbocycles. The van der Waals surface area contributed by atoms with Gasteiger partial charge in [-0.25, -0.2) is 0 Å². The largest absolute Gasteiger partial charge is 0.0998 e. The maximum atomic E-state index is 7.72. The first kappa shape index (κ1) is 6.05. The lowest BCUT2D eigenvalue weighted by atomic mass is 9.94. The predicted octanol–water partition coefficient (Wildman–Crippen LogP) is 3.84. The Morgan fingerprint density at radius 3 is 3.00 bits per heavy atom. The monoisotopic (exact) mass is 152 g/mol. The molecule has 11 heavy (non-hydrogen) atoms. The molecule has 0 aromatic rings. The van der Waals surface area contributed by atoms with Gasteiger partial charge in [0, 0.05) is 2.74 Å². The van der Waals surface area contributed by atoms with Crippen molar-refractivity contribution in [1.82, 2.24) is 0 Å². The standard InChI is InChI=1S/C11H18/c1-10(2)8-9-11-6-4-3-5-7-11/h9H,1,3-8H2,2H3/i2D,8D. The Labute approximate surface area is 72.8 Å². The maximum absolute atomic E-state index is 7.72. The van der Waals surface area contributed by atoms with Gasteiger partial charge in [0.1, 0.15) is 0 Å². The molecule has 0 amide bonds. The molecule has 0 aliphatic heterocycles. The van der Waals surface area contributed by atoms with Crippen LogP contribution < -0.4 is 0 Å². The van der Waals surface area contributed by atoms with Crippen LogP contribution in [0.3, 0.4) is 0 Å². The van der Waals surface area contributed by atoms with Crippen molar-refractivity contribution in [1.29, 1.82) is 0 Å². The highest BCUT2D eigenvalue weighted by Crippen LogP contribution is 2.23. The number of hydrogen-bond donors (Lipinski definition) is 0. The molecule has 0 heterocycles. The lowest BCUT2D eigenvalue weighted by Gasteiger charge is -2.13. The van der Waals surface area contributed by atoms with Crippen molar-refractivity contribution in [3.63, 3.8) is 0 Å². The van der Waals surface area contributed by atoms with Gasteiger partial charge in [0.2, 0.25) is 0 Å². The van der Waals surface area contributed by atoms with Crippen LogP contribution in [0.25, 0.3) is 0 Å². The summed E-state index contributed by atoms with van der Waals surface area (Å²) < 4.78 is 14.8. The molecule has 0 heteroatoms. The molecule has 1 aliphatic rings. The van der Waals surface area contributed by atoms with Gasteiger partial charge in [-0.15, -0.1) is 0 Å². The normalized spacial score (nSPS) is 23.5. The van der Waals surface area contributed by atoms with E-state index in [0.29, 0.717) is 5.57 Å². The van der Waals surface area contributed by atoms with E-state index in [-0.39, 0.29) is 13.3 Å². The van der Waals surface area contributed by atoms with Crippen molar-refractivity contribution in [2.75, 3.05) is 0 Å². The van der Waals surface area contributed by atoms with Crippen molar-refractivity contribution in [3.05, 3.63) is 23.8 Å². The lowest BCUT2D eigenvalue weighted by molar-refractivity contribution is 0.597. The zero-order valence-corrected chi connectivity index (χ0v) is 7.10. The van der Waals surface area contributed by atoms with Crippen molar-refractivity contribution < 1.29 is 2.74 Å². The first-order valence-electron chi connectivity index (χ1n) is 5.61. The molecule has 0 saturated heterocycles. The summed E-state index contributed by atoms with van der Waals surface area (Å²) in [6, 6.07) is 0. The van der Waals surface area contributed by atoms with Gasteiger partial charge >= 0.3 is 0 Å². The van der Waals surface area contributed by atoms with E-state index in [4.69, 9.17) is 2.74 Å². The summed E-state index contributed by atoms with van der Waals surface area (Å²) in [5.41, 5.74) is 2.11. The summed E-state index contributed by atoms with van der Waals surface area (Å²) in [7, 11) is 0. The molecule has 1 saturated carbocycles. The van der Waals surface area contributed by atoms with E-state index in [1.54, 1.807) is 0 Å². The average Bonchev–Trinajstić information content (AvgIpc) is 2.18. The molecule has 0 radical (unpaired) electrons. The summed E-state index contributed by atoms with van der Waals surface area (Å²) in [5, 5.41) is 0. The van der Waals surface area contributed by atoms with Crippen LogP contribution in [0.2, 0.25) is 0 Å². The van der Waals surface area contributed by atoms with Gasteiger partial charge in [0.15, 0.2) is 0 Å². The molecule has 0 N–H and O–H groups in total. The summed E-state index contributed by atoms with van der Waals surface area (Å²) in [4.78, 5) is 0. The topological polar surface area (TPSA) is 0 Å². The molecule has 1 atom stereocenters. The minimum atomic E-state index is -0.342. The Kier molecular flexibility index (Phi) is 2.41. The lowest BCUT2D eigenvalue weighted by Crippen LogP contribution is -1.93. The Morgan fingerprint density at radius 1 is 1.64 bits per heavy atom. The van der Waals surface area contributed by atoms with E-state index in [1.165, 1.54) is 24.8 Å². The van der Waals surface area contributed by atoms with E-state index >= 15 is 0 Å². The third-order valence-corrected chi connectivity index (χ3v) is 2.05. The van der Waals surface area contributed by atoms with Gasteiger partial charge in [-0.1, -0.05) is 30.2 Å². The molecule has 0 aromatic heterocycles. The smallest absolute Gasteiger partial charge is 0.0356 e. The molecule has 1 aliphatic carbocycles. The summed E-state index contributed by atoms with van der Waals surface area (Å²) in [6.45, 7) is 3.90. The zero-order valence-electron chi connectivity index (χ0n) is 9.10. The second-order valence-electron chi connectivity index (χ2n) is 3.21. The molecular weight excluding hydrogens is 132 g/mol. The van der Waals surface area contributed by atoms with Gasteiger partial charge in [0.05, 0.1) is 0 Å². The molecule has 62 valence electrons. The molecule has 1 unspecified atom stereocenters. The van der Waals surface area contributed by atoms with E-state index in [1.807, 2.05) is 6.08 Å². The van der Waals surface area contributed by atoms with Crippen LogP contribution in [0.1, 0.15) is 48.1 Å². The average molecular weight is 152 g/mol. The van der Waals surface area contributed by atoms with Crippen LogP contribution in [0.15, 0.2) is 23.8 Å². The molecule has 1 fully saturated rings. The molecule has 1 rings (SSSR count). The van der Waals surface area contributed by atoms with Crippen LogP contribution in [-0.2, 0) is 0 Å². The quantitative estimate of drug-likeness (QED) is 0.527. The van der Waals surface area contributed by atoms with Crippen molar-refractivity contribution >= 4 is 0 Å². The van der Waals surface area contributed by atoms with Crippen LogP contribution in [0, 0.1) is 0 Å². The van der Waals surface area contributed by atoms with Crippen LogP contribution in [-0.4, -0.2) is 0 Å². The van der Waals surface area contributed by atoms with E-state index in [0.717, 1.165) is 12.8 Å². The highest BCUT2D eigenvalue weighted by atomic mass is 14.1. The Morgan fingerprint density at radius 2 is 2.36 bits per heavy atom. The molecule has 0 spiro atoms. The first-order valence-corrected chi connectivity index (χ1v) is 4.32. The van der Waals surface area contributed by atoms with E-state index in [9.17, 15) is 0 Å². The van der Waals surface area contributed by atoms with Gasteiger partial charge < -0.3 is 0 Å². The fraction of sp³-hybridized carbons (Fsp3) is 0.636. The zero-order chi connectivity index (χ0) is 9.68. The molecular formula is C11H18. The van der Waals surface area contributed by atoms with Gasteiger partial charge in [0.25, 0.3) is 0 Å². The first-order chi connectivity index (χ1) is 6.24. The van der Waals surface area contributed by atoms with Gasteiger partial charge in [-0.05, 0) is 39.0 Å². The fourth-order valence-electron chi connectivity index (χ4n) is 1.41. The highest BCUT2D eigenvalue weighted by molar-refractivity contribution is 5.09. The summed E-state index contributed by atoms with van der Waals surface area (Å²) in [6.07, 6.45) is 7.83. The summed E-state index contributed by atoms with van der Waals surface area (Å²) >= 11 is 0. The van der Waals surface area contributed by atoms with E-state index in [2.05, 4.69) is 6.58 Å². The SMILES string of the molecule is [2H]CC(=C)C([2H])C=C1CCCCC1. The predicted molar refractivity (Wildman–Crippen MR) is 50.6 cm³/mol.